The molecule has 0 aliphatic carbocycles. The third-order valence-corrected chi connectivity index (χ3v) is 16.4. The number of phosphoric acid groups is 1. The Labute approximate surface area is 508 Å². The van der Waals surface area contributed by atoms with E-state index in [2.05, 4.69) is 86.8 Å². The highest BCUT2D eigenvalue weighted by Gasteiger charge is 2.30. The van der Waals surface area contributed by atoms with E-state index >= 15 is 0 Å². The molecule has 9 nitrogen and oxygen atoms in total. The van der Waals surface area contributed by atoms with Crippen LogP contribution >= 0.6 is 7.82 Å². The number of nitrogens with one attached hydrogen (secondary N) is 1. The maximum Gasteiger partial charge on any atom is 0.472 e. The summed E-state index contributed by atoms with van der Waals surface area (Å²) in [7, 11) is 1.50. The molecule has 0 heterocycles. The molecule has 0 fully saturated rings. The fourth-order valence-corrected chi connectivity index (χ4v) is 10.8. The minimum absolute atomic E-state index is 0.0400. The Morgan fingerprint density at radius 2 is 0.780 bits per heavy atom. The lowest BCUT2D eigenvalue weighted by atomic mass is 10.0. The average molecular weight is 1170 g/mol. The molecule has 0 aromatic carbocycles. The number of carbonyl (C=O) groups is 2. The summed E-state index contributed by atoms with van der Waals surface area (Å²) >= 11 is 0. The molecule has 0 aliphatic heterocycles. The molecule has 0 rings (SSSR count). The average Bonchev–Trinajstić information content (AvgIpc) is 3.45. The Morgan fingerprint density at radius 3 is 1.17 bits per heavy atom. The van der Waals surface area contributed by atoms with E-state index < -0.39 is 20.0 Å². The van der Waals surface area contributed by atoms with E-state index in [1.165, 1.54) is 199 Å². The van der Waals surface area contributed by atoms with Crippen molar-refractivity contribution in [1.29, 1.82) is 0 Å². The Balaban J connectivity index is 5.08. The second kappa shape index (κ2) is 61.5. The van der Waals surface area contributed by atoms with Gasteiger partial charge in [0.25, 0.3) is 0 Å². The predicted molar refractivity (Wildman–Crippen MR) is 355 cm³/mol. The molecule has 0 saturated carbocycles. The molecule has 0 aromatic heterocycles. The van der Waals surface area contributed by atoms with Gasteiger partial charge in [0.2, 0.25) is 5.91 Å². The SMILES string of the molecule is CC/C=C\C/C=C\C/C=C\C/C=C\C/C=C\CCCCCCCCCCCCCC(=O)OC(/C=C\CCCCCCCCCCCCC)C(COP(=O)(O)OCC[N+](C)(C)C)NC(=O)CCCCCCCCCCCCCCCCCC. The van der Waals surface area contributed by atoms with Crippen LogP contribution in [0.2, 0.25) is 0 Å². The molecule has 0 spiro atoms. The Kier molecular flexibility index (Phi) is 59.6. The molecular formula is C72H134N2O7P+. The number of quaternary nitrogens is 1. The molecule has 3 atom stereocenters. The summed E-state index contributed by atoms with van der Waals surface area (Å²) in [6.45, 7) is 6.94. The maximum absolute atomic E-state index is 13.6. The zero-order valence-corrected chi connectivity index (χ0v) is 55.6. The summed E-state index contributed by atoms with van der Waals surface area (Å²) in [5.74, 6) is -0.496. The zero-order chi connectivity index (χ0) is 60.0. The molecule has 10 heteroatoms. The van der Waals surface area contributed by atoms with E-state index in [-0.39, 0.29) is 31.5 Å². The first-order valence-corrected chi connectivity index (χ1v) is 36.3. The second-order valence-electron chi connectivity index (χ2n) is 24.7. The van der Waals surface area contributed by atoms with Crippen molar-refractivity contribution < 1.29 is 37.3 Å². The molecule has 1 amide bonds. The van der Waals surface area contributed by atoms with Crippen LogP contribution in [0.5, 0.6) is 0 Å². The number of likely N-dealkylation sites (N-methyl/N-ethyl adjacent to an activating group) is 1. The lowest BCUT2D eigenvalue weighted by Gasteiger charge is -2.27. The van der Waals surface area contributed by atoms with Crippen molar-refractivity contribution in [3.05, 3.63) is 72.9 Å². The third kappa shape index (κ3) is 62.0. The summed E-state index contributed by atoms with van der Waals surface area (Å²) in [5, 5.41) is 3.07. The summed E-state index contributed by atoms with van der Waals surface area (Å²) in [6.07, 6.45) is 80.5. The van der Waals surface area contributed by atoms with Crippen molar-refractivity contribution in [1.82, 2.24) is 5.32 Å². The number of amides is 1. The van der Waals surface area contributed by atoms with Crippen molar-refractivity contribution in [3.8, 4) is 0 Å². The van der Waals surface area contributed by atoms with Gasteiger partial charge < -0.3 is 19.4 Å². The van der Waals surface area contributed by atoms with Crippen LogP contribution in [0.4, 0.5) is 0 Å². The van der Waals surface area contributed by atoms with Gasteiger partial charge in [-0.25, -0.2) is 4.57 Å². The largest absolute Gasteiger partial charge is 0.472 e. The fraction of sp³-hybridized carbons (Fsp3) is 0.806. The predicted octanol–water partition coefficient (Wildman–Crippen LogP) is 22.0. The van der Waals surface area contributed by atoms with Crippen LogP contribution in [-0.2, 0) is 27.9 Å². The van der Waals surface area contributed by atoms with Crippen molar-refractivity contribution >= 4 is 19.7 Å². The topological polar surface area (TPSA) is 111 Å². The van der Waals surface area contributed by atoms with Gasteiger partial charge in [0.05, 0.1) is 33.8 Å². The zero-order valence-electron chi connectivity index (χ0n) is 54.7. The maximum atomic E-state index is 13.6. The van der Waals surface area contributed by atoms with Crippen LogP contribution in [0.25, 0.3) is 0 Å². The van der Waals surface area contributed by atoms with Crippen molar-refractivity contribution in [2.45, 2.75) is 335 Å². The molecular weight excluding hydrogens is 1040 g/mol. The van der Waals surface area contributed by atoms with E-state index in [4.69, 9.17) is 13.8 Å². The molecule has 2 N–H and O–H groups in total. The van der Waals surface area contributed by atoms with E-state index in [0.717, 1.165) is 89.9 Å². The number of ether oxygens (including phenoxy) is 1. The van der Waals surface area contributed by atoms with Gasteiger partial charge >= 0.3 is 13.8 Å². The van der Waals surface area contributed by atoms with Gasteiger partial charge in [-0.1, -0.05) is 306 Å². The molecule has 0 radical (unpaired) electrons. The fourth-order valence-electron chi connectivity index (χ4n) is 10.1. The molecule has 0 saturated heterocycles. The lowest BCUT2D eigenvalue weighted by molar-refractivity contribution is -0.870. The Morgan fingerprint density at radius 1 is 0.439 bits per heavy atom. The summed E-state index contributed by atoms with van der Waals surface area (Å²) in [6, 6.07) is -0.850. The van der Waals surface area contributed by atoms with Crippen molar-refractivity contribution in [2.75, 3.05) is 40.9 Å². The third-order valence-electron chi connectivity index (χ3n) is 15.4. The summed E-state index contributed by atoms with van der Waals surface area (Å²) in [5.41, 5.74) is 0. The number of esters is 1. The molecule has 478 valence electrons. The number of carbonyl (C=O) groups excluding carboxylic acids is 2. The van der Waals surface area contributed by atoms with E-state index in [0.29, 0.717) is 17.4 Å². The highest BCUT2D eigenvalue weighted by atomic mass is 31.2. The molecule has 0 aromatic rings. The van der Waals surface area contributed by atoms with Crippen LogP contribution in [0.1, 0.15) is 323 Å². The lowest BCUT2D eigenvalue weighted by Crippen LogP contribution is -2.47. The van der Waals surface area contributed by atoms with Crippen LogP contribution in [0, 0.1) is 0 Å². The molecule has 0 aliphatic rings. The summed E-state index contributed by atoms with van der Waals surface area (Å²) in [4.78, 5) is 37.9. The van der Waals surface area contributed by atoms with Gasteiger partial charge in [-0.15, -0.1) is 0 Å². The first kappa shape index (κ1) is 79.5. The van der Waals surface area contributed by atoms with Gasteiger partial charge in [0.15, 0.2) is 0 Å². The molecule has 3 unspecified atom stereocenters. The van der Waals surface area contributed by atoms with Gasteiger partial charge in [0, 0.05) is 12.8 Å². The monoisotopic (exact) mass is 1170 g/mol. The van der Waals surface area contributed by atoms with Crippen LogP contribution in [0.15, 0.2) is 72.9 Å². The quantitative estimate of drug-likeness (QED) is 0.0205. The van der Waals surface area contributed by atoms with Gasteiger partial charge in [-0.2, -0.15) is 0 Å². The highest BCUT2D eigenvalue weighted by Crippen LogP contribution is 2.43. The first-order valence-electron chi connectivity index (χ1n) is 34.8. The number of nitrogens with zero attached hydrogens (tertiary/aromatic N) is 1. The number of rotatable bonds is 63. The Hall–Kier alpha value is -2.55. The summed E-state index contributed by atoms with van der Waals surface area (Å²) < 4.78 is 30.8. The van der Waals surface area contributed by atoms with E-state index in [1.807, 2.05) is 33.3 Å². The van der Waals surface area contributed by atoms with Gasteiger partial charge in [-0.05, 0) is 76.7 Å². The minimum Gasteiger partial charge on any atom is -0.456 e. The smallest absolute Gasteiger partial charge is 0.456 e. The van der Waals surface area contributed by atoms with Gasteiger partial charge in [-0.3, -0.25) is 18.6 Å². The molecule has 0 bridgehead atoms. The van der Waals surface area contributed by atoms with E-state index in [1.54, 1.807) is 0 Å². The Bertz CT molecular complexity index is 1630. The van der Waals surface area contributed by atoms with Crippen LogP contribution in [0.3, 0.4) is 0 Å². The number of unbranched alkanes of at least 4 members (excludes halogenated alkanes) is 37. The van der Waals surface area contributed by atoms with Gasteiger partial charge in [0.1, 0.15) is 19.3 Å². The van der Waals surface area contributed by atoms with Crippen molar-refractivity contribution in [2.24, 2.45) is 0 Å². The number of hydrogen-bond acceptors (Lipinski definition) is 6. The van der Waals surface area contributed by atoms with E-state index in [9.17, 15) is 19.0 Å². The second-order valence-corrected chi connectivity index (χ2v) is 26.1. The van der Waals surface area contributed by atoms with Crippen molar-refractivity contribution in [3.63, 3.8) is 0 Å². The highest BCUT2D eigenvalue weighted by molar-refractivity contribution is 7.47. The number of hydrogen-bond donors (Lipinski definition) is 2. The normalized spacial score (nSPS) is 14.0. The van der Waals surface area contributed by atoms with Crippen LogP contribution < -0.4 is 5.32 Å². The number of allylic oxidation sites excluding steroid dienone is 11. The standard InChI is InChI=1S/C72H133N2O7P/c1-7-10-13-16-19-22-25-28-30-32-33-34-35-36-37-38-39-40-41-42-44-47-50-53-56-59-62-65-72(76)81-70(63-60-57-54-51-48-45-27-24-21-18-15-12-9-3)69(68-80-82(77,78)79-67-66-74(4,5)6)73-71(75)64-61-58-55-52-49-46-43-31-29-26-23-20-17-14-11-8-2/h10,13,19,22,28,30,33-34,36-37,60,63,69-70H,7-9,11-12,14-18,20-21,23-27,29,31-32,35,38-59,61-62,64-68H2,1-6H3,(H-,73,75,77,78)/p+1/b13-10-,22-19-,30-28-,34-33-,37-36-,63-60-. The van der Waals surface area contributed by atoms with Crippen LogP contribution in [-0.4, -0.2) is 74.3 Å². The first-order chi connectivity index (χ1) is 39.9. The molecule has 82 heavy (non-hydrogen) atoms. The minimum atomic E-state index is -4.45. The number of phosphoric ester groups is 1.